The number of non-ortho nitro benzene ring substituents is 1. The first-order valence-corrected chi connectivity index (χ1v) is 11.3. The summed E-state index contributed by atoms with van der Waals surface area (Å²) in [6.07, 6.45) is 0.682. The van der Waals surface area contributed by atoms with Gasteiger partial charge < -0.3 is 0 Å². The molecule has 3 unspecified atom stereocenters. The zero-order chi connectivity index (χ0) is 23.3. The van der Waals surface area contributed by atoms with E-state index in [1.165, 1.54) is 23.9 Å². The second-order valence-corrected chi connectivity index (χ2v) is 9.02. The zero-order valence-corrected chi connectivity index (χ0v) is 18.7. The summed E-state index contributed by atoms with van der Waals surface area (Å²) in [6.45, 7) is 2.01. The maximum absolute atomic E-state index is 11.8. The van der Waals surface area contributed by atoms with E-state index in [1.807, 2.05) is 19.1 Å². The summed E-state index contributed by atoms with van der Waals surface area (Å²) in [5.41, 5.74) is 6.61. The second-order valence-electron chi connectivity index (χ2n) is 7.47. The van der Waals surface area contributed by atoms with Gasteiger partial charge in [0.05, 0.1) is 22.0 Å². The second kappa shape index (κ2) is 8.17. The van der Waals surface area contributed by atoms with Gasteiger partial charge in [0.2, 0.25) is 5.17 Å². The number of halogens is 1. The standard InChI is InChI=1S/C19H17ClN8O4S/c1-2-15-21-22-19-26(23-15)18-17(33-19)16(10-3-5-11(20)6-4-10)25(24-18)13-8-7-12(27(29)30)9-14(13)28(31)32/h3-9,15-17,21,23H,2H2,1H3. The number of nitro benzene ring substituents is 2. The van der Waals surface area contributed by atoms with Crippen molar-refractivity contribution in [1.82, 2.24) is 15.9 Å². The summed E-state index contributed by atoms with van der Waals surface area (Å²) in [6, 6.07) is 10.3. The topological polar surface area (TPSA) is 142 Å². The number of fused-ring (bicyclic) bond motifs is 3. The third-order valence-electron chi connectivity index (χ3n) is 5.50. The molecular formula is C19H17ClN8O4S. The molecule has 3 atom stereocenters. The Morgan fingerprint density at radius 2 is 1.91 bits per heavy atom. The minimum atomic E-state index is -0.661. The molecule has 3 aliphatic heterocycles. The molecule has 3 heterocycles. The van der Waals surface area contributed by atoms with Gasteiger partial charge in [-0.3, -0.25) is 25.7 Å². The summed E-state index contributed by atoms with van der Waals surface area (Å²) in [4.78, 5) is 21.7. The number of nitrogens with one attached hydrogen (secondary N) is 2. The number of hydrazone groups is 2. The Hall–Kier alpha value is -3.42. The molecule has 5 rings (SSSR count). The molecule has 0 radical (unpaired) electrons. The predicted molar refractivity (Wildman–Crippen MR) is 125 cm³/mol. The minimum Gasteiger partial charge on any atom is -0.289 e. The van der Waals surface area contributed by atoms with Gasteiger partial charge in [-0.15, -0.1) is 0 Å². The smallest absolute Gasteiger partial charge is 0.289 e. The van der Waals surface area contributed by atoms with Gasteiger partial charge in [-0.25, -0.2) is 15.4 Å². The molecule has 0 aromatic heterocycles. The fraction of sp³-hybridized carbons (Fsp3) is 0.263. The summed E-state index contributed by atoms with van der Waals surface area (Å²) < 4.78 is 0. The minimum absolute atomic E-state index is 0.0902. The van der Waals surface area contributed by atoms with Crippen LogP contribution in [0.2, 0.25) is 5.02 Å². The fourth-order valence-corrected chi connectivity index (χ4v) is 5.26. The maximum Gasteiger partial charge on any atom is 0.301 e. The first kappa shape index (κ1) is 21.4. The van der Waals surface area contributed by atoms with Gasteiger partial charge in [-0.05, 0) is 30.2 Å². The molecule has 1 saturated heterocycles. The van der Waals surface area contributed by atoms with E-state index in [2.05, 4.69) is 16.0 Å². The van der Waals surface area contributed by atoms with E-state index in [9.17, 15) is 20.2 Å². The van der Waals surface area contributed by atoms with E-state index in [0.717, 1.165) is 18.1 Å². The van der Waals surface area contributed by atoms with Gasteiger partial charge in [-0.1, -0.05) is 42.4 Å². The Morgan fingerprint density at radius 3 is 2.58 bits per heavy atom. The molecule has 0 amide bonds. The number of nitro groups is 2. The molecule has 0 spiro atoms. The van der Waals surface area contributed by atoms with Crippen molar-refractivity contribution in [3.05, 3.63) is 73.3 Å². The largest absolute Gasteiger partial charge is 0.301 e. The number of anilines is 1. The van der Waals surface area contributed by atoms with Crippen LogP contribution in [-0.2, 0) is 0 Å². The molecule has 12 nitrogen and oxygen atoms in total. The summed E-state index contributed by atoms with van der Waals surface area (Å²) >= 11 is 7.56. The third kappa shape index (κ3) is 3.63. The molecule has 0 bridgehead atoms. The summed E-state index contributed by atoms with van der Waals surface area (Å²) in [7, 11) is 0. The Bertz CT molecular complexity index is 1210. The average molecular weight is 489 g/mol. The Morgan fingerprint density at radius 1 is 1.15 bits per heavy atom. The fourth-order valence-electron chi connectivity index (χ4n) is 3.90. The van der Waals surface area contributed by atoms with Crippen molar-refractivity contribution >= 4 is 51.4 Å². The Kier molecular flexibility index (Phi) is 5.31. The van der Waals surface area contributed by atoms with Gasteiger partial charge in [0, 0.05) is 11.1 Å². The molecular weight excluding hydrogens is 472 g/mol. The van der Waals surface area contributed by atoms with Crippen molar-refractivity contribution in [1.29, 1.82) is 0 Å². The normalized spacial score (nSPS) is 23.4. The van der Waals surface area contributed by atoms with Crippen molar-refractivity contribution in [3.63, 3.8) is 0 Å². The summed E-state index contributed by atoms with van der Waals surface area (Å²) in [5, 5.41) is 36.6. The lowest BCUT2D eigenvalue weighted by Crippen LogP contribution is -2.56. The van der Waals surface area contributed by atoms with Gasteiger partial charge in [-0.2, -0.15) is 10.2 Å². The first-order valence-electron chi connectivity index (χ1n) is 9.99. The molecule has 0 aliphatic carbocycles. The first-order chi connectivity index (χ1) is 15.9. The number of hydrogen-bond acceptors (Lipinski definition) is 11. The number of benzene rings is 2. The zero-order valence-electron chi connectivity index (χ0n) is 17.1. The number of amidine groups is 2. The lowest BCUT2D eigenvalue weighted by Gasteiger charge is -2.30. The number of nitrogens with zero attached hydrogens (tertiary/aromatic N) is 6. The predicted octanol–water partition coefficient (Wildman–Crippen LogP) is 3.56. The van der Waals surface area contributed by atoms with Crippen LogP contribution < -0.4 is 15.9 Å². The number of hydrazine groups is 1. The average Bonchev–Trinajstić information content (AvgIpc) is 3.34. The van der Waals surface area contributed by atoms with Gasteiger partial charge in [0.15, 0.2) is 5.84 Å². The van der Waals surface area contributed by atoms with Crippen molar-refractivity contribution < 1.29 is 9.85 Å². The van der Waals surface area contributed by atoms with Crippen LogP contribution in [-0.4, -0.2) is 37.3 Å². The summed E-state index contributed by atoms with van der Waals surface area (Å²) in [5.74, 6) is 0.645. The van der Waals surface area contributed by atoms with Crippen LogP contribution in [0.1, 0.15) is 24.9 Å². The molecule has 0 saturated carbocycles. The SMILES string of the molecule is CCC1NN=C2SC3C(=NN(c4ccc([N+](=O)[O-])cc4[N+](=O)[O-])C3c3ccc(Cl)cc3)N2N1. The van der Waals surface area contributed by atoms with Crippen LogP contribution in [0.5, 0.6) is 0 Å². The number of thioether (sulfide) groups is 1. The van der Waals surface area contributed by atoms with Gasteiger partial charge in [0.25, 0.3) is 5.69 Å². The molecule has 170 valence electrons. The van der Waals surface area contributed by atoms with Crippen LogP contribution in [0.4, 0.5) is 17.1 Å². The van der Waals surface area contributed by atoms with Gasteiger partial charge >= 0.3 is 5.69 Å². The number of rotatable bonds is 5. The van der Waals surface area contributed by atoms with Crippen LogP contribution in [0, 0.1) is 20.2 Å². The molecule has 1 fully saturated rings. The van der Waals surface area contributed by atoms with Gasteiger partial charge in [0.1, 0.15) is 17.1 Å². The maximum atomic E-state index is 11.8. The highest BCUT2D eigenvalue weighted by molar-refractivity contribution is 8.15. The molecule has 2 aromatic rings. The van der Waals surface area contributed by atoms with E-state index in [4.69, 9.17) is 16.7 Å². The molecule has 33 heavy (non-hydrogen) atoms. The lowest BCUT2D eigenvalue weighted by molar-refractivity contribution is -0.393. The molecule has 2 aromatic carbocycles. The van der Waals surface area contributed by atoms with Crippen molar-refractivity contribution in [2.75, 3.05) is 5.01 Å². The van der Waals surface area contributed by atoms with Crippen LogP contribution in [0.3, 0.4) is 0 Å². The van der Waals surface area contributed by atoms with Crippen LogP contribution in [0.15, 0.2) is 52.7 Å². The monoisotopic (exact) mass is 488 g/mol. The van der Waals surface area contributed by atoms with E-state index in [0.29, 0.717) is 16.0 Å². The highest BCUT2D eigenvalue weighted by atomic mass is 35.5. The van der Waals surface area contributed by atoms with Crippen molar-refractivity contribution in [2.24, 2.45) is 10.2 Å². The van der Waals surface area contributed by atoms with E-state index in [1.54, 1.807) is 22.2 Å². The highest BCUT2D eigenvalue weighted by Crippen LogP contribution is 2.48. The van der Waals surface area contributed by atoms with Crippen LogP contribution in [0.25, 0.3) is 0 Å². The molecule has 3 aliphatic rings. The quantitative estimate of drug-likeness (QED) is 0.477. The van der Waals surface area contributed by atoms with Crippen LogP contribution >= 0.6 is 23.4 Å². The van der Waals surface area contributed by atoms with E-state index in [-0.39, 0.29) is 22.8 Å². The highest BCUT2D eigenvalue weighted by Gasteiger charge is 2.51. The third-order valence-corrected chi connectivity index (χ3v) is 6.96. The Labute approximate surface area is 196 Å². The molecule has 14 heteroatoms. The van der Waals surface area contributed by atoms with E-state index < -0.39 is 21.6 Å². The number of hydrogen-bond donors (Lipinski definition) is 2. The Balaban J connectivity index is 1.63. The molecule has 2 N–H and O–H groups in total. The van der Waals surface area contributed by atoms with E-state index >= 15 is 0 Å². The van der Waals surface area contributed by atoms with Crippen molar-refractivity contribution in [3.8, 4) is 0 Å². The van der Waals surface area contributed by atoms with Crippen molar-refractivity contribution in [2.45, 2.75) is 30.8 Å². The lowest BCUT2D eigenvalue weighted by atomic mass is 10.0.